The van der Waals surface area contributed by atoms with E-state index in [1.807, 2.05) is 0 Å². The first-order chi connectivity index (χ1) is 6.84. The lowest BCUT2D eigenvalue weighted by atomic mass is 10.0. The van der Waals surface area contributed by atoms with Crippen LogP contribution in [0.5, 0.6) is 0 Å². The van der Waals surface area contributed by atoms with Gasteiger partial charge in [-0.25, -0.2) is 0 Å². The second kappa shape index (κ2) is 3.84. The number of halogens is 1. The summed E-state index contributed by atoms with van der Waals surface area (Å²) in [5, 5.41) is 2.63. The Hall–Kier alpha value is -1.05. The average molecular weight is 220 g/mol. The topological polar surface area (TPSA) is 26.0 Å². The Morgan fingerprint density at radius 3 is 2.33 bits per heavy atom. The second-order valence-corrected chi connectivity index (χ2v) is 4.11. The van der Waals surface area contributed by atoms with Crippen LogP contribution < -0.4 is 5.73 Å². The summed E-state index contributed by atoms with van der Waals surface area (Å²) in [4.78, 5) is 0. The van der Waals surface area contributed by atoms with Crippen LogP contribution in [0.1, 0.15) is 17.9 Å². The van der Waals surface area contributed by atoms with E-state index in [-0.39, 0.29) is 12.4 Å². The van der Waals surface area contributed by atoms with Gasteiger partial charge in [0.25, 0.3) is 0 Å². The van der Waals surface area contributed by atoms with Crippen LogP contribution in [0.25, 0.3) is 10.8 Å². The van der Waals surface area contributed by atoms with Crippen molar-refractivity contribution in [1.29, 1.82) is 0 Å². The van der Waals surface area contributed by atoms with Crippen LogP contribution in [-0.4, -0.2) is 6.04 Å². The zero-order chi connectivity index (χ0) is 9.54. The second-order valence-electron chi connectivity index (χ2n) is 4.11. The van der Waals surface area contributed by atoms with E-state index < -0.39 is 0 Å². The molecule has 0 heterocycles. The van der Waals surface area contributed by atoms with Crippen LogP contribution in [0.4, 0.5) is 0 Å². The summed E-state index contributed by atoms with van der Waals surface area (Å²) in [5.41, 5.74) is 7.24. The van der Waals surface area contributed by atoms with Crippen molar-refractivity contribution in [2.24, 2.45) is 5.73 Å². The maximum atomic E-state index is 5.84. The van der Waals surface area contributed by atoms with Gasteiger partial charge >= 0.3 is 0 Å². The molecule has 0 spiro atoms. The highest BCUT2D eigenvalue weighted by Gasteiger charge is 2.34. The summed E-state index contributed by atoms with van der Waals surface area (Å²) in [6.07, 6.45) is 1.15. The van der Waals surface area contributed by atoms with Gasteiger partial charge in [0.1, 0.15) is 0 Å². The van der Waals surface area contributed by atoms with E-state index in [2.05, 4.69) is 42.5 Å². The molecule has 0 aliphatic heterocycles. The van der Waals surface area contributed by atoms with Crippen molar-refractivity contribution in [1.82, 2.24) is 0 Å². The van der Waals surface area contributed by atoms with Crippen molar-refractivity contribution < 1.29 is 0 Å². The first-order valence-electron chi connectivity index (χ1n) is 5.09. The third kappa shape index (κ3) is 1.85. The van der Waals surface area contributed by atoms with Gasteiger partial charge in [-0.1, -0.05) is 42.5 Å². The predicted molar refractivity (Wildman–Crippen MR) is 66.5 cm³/mol. The zero-order valence-corrected chi connectivity index (χ0v) is 9.21. The third-order valence-corrected chi connectivity index (χ3v) is 3.04. The predicted octanol–water partition coefficient (Wildman–Crippen LogP) is 3.08. The van der Waals surface area contributed by atoms with Gasteiger partial charge in [-0.05, 0) is 22.8 Å². The minimum atomic E-state index is 0. The average Bonchev–Trinajstić information content (AvgIpc) is 2.95. The monoisotopic (exact) mass is 219 g/mol. The lowest BCUT2D eigenvalue weighted by Gasteiger charge is -2.01. The molecule has 0 bridgehead atoms. The molecule has 3 rings (SSSR count). The Kier molecular flexibility index (Phi) is 2.68. The highest BCUT2D eigenvalue weighted by Crippen LogP contribution is 2.39. The molecule has 2 heteroatoms. The molecule has 0 amide bonds. The Balaban J connectivity index is 0.000000853. The van der Waals surface area contributed by atoms with Crippen molar-refractivity contribution >= 4 is 23.2 Å². The number of hydrogen-bond acceptors (Lipinski definition) is 1. The van der Waals surface area contributed by atoms with Crippen molar-refractivity contribution in [3.8, 4) is 0 Å². The van der Waals surface area contributed by atoms with Crippen LogP contribution >= 0.6 is 12.4 Å². The lowest BCUT2D eigenvalue weighted by Crippen LogP contribution is -2.00. The molecule has 1 saturated carbocycles. The third-order valence-electron chi connectivity index (χ3n) is 3.04. The minimum absolute atomic E-state index is 0. The van der Waals surface area contributed by atoms with E-state index in [0.29, 0.717) is 12.0 Å². The fraction of sp³-hybridized carbons (Fsp3) is 0.231. The lowest BCUT2D eigenvalue weighted by molar-refractivity contribution is 0.992. The zero-order valence-electron chi connectivity index (χ0n) is 8.39. The summed E-state index contributed by atoms with van der Waals surface area (Å²) in [6, 6.07) is 15.5. The molecule has 1 aliphatic rings. The van der Waals surface area contributed by atoms with Crippen LogP contribution in [0.15, 0.2) is 42.5 Å². The van der Waals surface area contributed by atoms with Gasteiger partial charge in [-0.3, -0.25) is 0 Å². The molecule has 2 aromatic carbocycles. The van der Waals surface area contributed by atoms with Gasteiger partial charge in [0.2, 0.25) is 0 Å². The fourth-order valence-corrected chi connectivity index (χ4v) is 2.04. The van der Waals surface area contributed by atoms with Gasteiger partial charge in [-0.2, -0.15) is 0 Å². The van der Waals surface area contributed by atoms with Crippen LogP contribution in [0.3, 0.4) is 0 Å². The van der Waals surface area contributed by atoms with Crippen molar-refractivity contribution in [2.45, 2.75) is 18.4 Å². The van der Waals surface area contributed by atoms with E-state index in [1.165, 1.54) is 16.3 Å². The molecular formula is C13H14ClN. The van der Waals surface area contributed by atoms with E-state index in [0.717, 1.165) is 6.42 Å². The van der Waals surface area contributed by atoms with Gasteiger partial charge in [-0.15, -0.1) is 12.4 Å². The van der Waals surface area contributed by atoms with Gasteiger partial charge in [0, 0.05) is 12.0 Å². The Morgan fingerprint density at radius 1 is 1.00 bits per heavy atom. The summed E-state index contributed by atoms with van der Waals surface area (Å²) < 4.78 is 0. The normalized spacial score (nSPS) is 23.5. The molecule has 1 aliphatic carbocycles. The number of hydrogen-bond donors (Lipinski definition) is 1. The van der Waals surface area contributed by atoms with Crippen molar-refractivity contribution in [2.75, 3.05) is 0 Å². The first-order valence-corrected chi connectivity index (χ1v) is 5.09. The van der Waals surface area contributed by atoms with Crippen LogP contribution in [0.2, 0.25) is 0 Å². The maximum absolute atomic E-state index is 5.84. The summed E-state index contributed by atoms with van der Waals surface area (Å²) in [7, 11) is 0. The van der Waals surface area contributed by atoms with Crippen LogP contribution in [0, 0.1) is 0 Å². The number of benzene rings is 2. The number of nitrogens with two attached hydrogens (primary N) is 1. The molecule has 15 heavy (non-hydrogen) atoms. The van der Waals surface area contributed by atoms with Crippen LogP contribution in [-0.2, 0) is 0 Å². The molecule has 2 N–H and O–H groups in total. The van der Waals surface area contributed by atoms with Crippen molar-refractivity contribution in [3.05, 3.63) is 48.0 Å². The molecule has 78 valence electrons. The van der Waals surface area contributed by atoms with Crippen molar-refractivity contribution in [3.63, 3.8) is 0 Å². The molecule has 0 aromatic heterocycles. The standard InChI is InChI=1S/C13H13N.ClH/c14-13-8-12(13)11-6-5-9-3-1-2-4-10(9)7-11;/h1-7,12-13H,8,14H2;1H/t12-,13+;/m0./s1. The number of rotatable bonds is 1. The SMILES string of the molecule is Cl.N[C@@H]1C[C@H]1c1ccc2ccccc2c1. The quantitative estimate of drug-likeness (QED) is 0.784. The molecule has 0 saturated heterocycles. The van der Waals surface area contributed by atoms with Gasteiger partial charge in [0.15, 0.2) is 0 Å². The smallest absolute Gasteiger partial charge is 0.0115 e. The molecule has 0 unspecified atom stereocenters. The fourth-order valence-electron chi connectivity index (χ4n) is 2.04. The minimum Gasteiger partial charge on any atom is -0.327 e. The first kappa shape index (κ1) is 10.5. The molecule has 1 nitrogen and oxygen atoms in total. The van der Waals surface area contributed by atoms with E-state index in [4.69, 9.17) is 5.73 Å². The largest absolute Gasteiger partial charge is 0.327 e. The molecule has 2 atom stereocenters. The summed E-state index contributed by atoms with van der Waals surface area (Å²) >= 11 is 0. The number of fused-ring (bicyclic) bond motifs is 1. The maximum Gasteiger partial charge on any atom is 0.0115 e. The van der Waals surface area contributed by atoms with Gasteiger partial charge < -0.3 is 5.73 Å². The Labute approximate surface area is 95.7 Å². The molecule has 1 fully saturated rings. The molecule has 0 radical (unpaired) electrons. The highest BCUT2D eigenvalue weighted by atomic mass is 35.5. The van der Waals surface area contributed by atoms with E-state index >= 15 is 0 Å². The van der Waals surface area contributed by atoms with E-state index in [1.54, 1.807) is 0 Å². The summed E-state index contributed by atoms with van der Waals surface area (Å²) in [6.45, 7) is 0. The summed E-state index contributed by atoms with van der Waals surface area (Å²) in [5.74, 6) is 0.611. The van der Waals surface area contributed by atoms with E-state index in [9.17, 15) is 0 Å². The molecular weight excluding hydrogens is 206 g/mol. The van der Waals surface area contributed by atoms with Gasteiger partial charge in [0.05, 0.1) is 0 Å². The highest BCUT2D eigenvalue weighted by molar-refractivity contribution is 5.85. The Morgan fingerprint density at radius 2 is 1.67 bits per heavy atom. The molecule has 2 aromatic rings. The Bertz CT molecular complexity index is 481.